The van der Waals surface area contributed by atoms with Crippen LogP contribution in [0.15, 0.2) is 18.2 Å². The van der Waals surface area contributed by atoms with Crippen LogP contribution >= 0.6 is 0 Å². The van der Waals surface area contributed by atoms with E-state index in [1.165, 1.54) is 18.2 Å². The number of nitro benzene ring substituents is 1. The van der Waals surface area contributed by atoms with E-state index in [2.05, 4.69) is 15.5 Å². The summed E-state index contributed by atoms with van der Waals surface area (Å²) in [4.78, 5) is 22.8. The third kappa shape index (κ3) is 2.77. The molecule has 0 saturated carbocycles. The fourth-order valence-corrected chi connectivity index (χ4v) is 2.36. The molecule has 4 N–H and O–H groups in total. The van der Waals surface area contributed by atoms with Gasteiger partial charge in [0.05, 0.1) is 16.0 Å². The molecule has 1 aromatic carbocycles. The molecule has 2 aromatic rings. The highest BCUT2D eigenvalue weighted by Crippen LogP contribution is 2.23. The first-order chi connectivity index (χ1) is 10.5. The molecule has 118 valence electrons. The number of carbonyl (C=O) groups is 1. The molecule has 0 radical (unpaired) electrons. The van der Waals surface area contributed by atoms with Crippen LogP contribution in [0.25, 0.3) is 10.9 Å². The number of nitrogens with zero attached hydrogens (tertiary/aromatic N) is 2. The molecule has 0 aliphatic heterocycles. The van der Waals surface area contributed by atoms with Gasteiger partial charge in [0.25, 0.3) is 11.6 Å². The average molecular weight is 305 g/mol. The molecule has 0 saturated heterocycles. The highest BCUT2D eigenvalue weighted by atomic mass is 16.6. The van der Waals surface area contributed by atoms with Crippen LogP contribution in [-0.2, 0) is 0 Å². The van der Waals surface area contributed by atoms with Crippen molar-refractivity contribution >= 4 is 22.5 Å². The molecule has 1 heterocycles. The molecule has 8 nitrogen and oxygen atoms in total. The van der Waals surface area contributed by atoms with Crippen molar-refractivity contribution in [3.8, 4) is 0 Å². The van der Waals surface area contributed by atoms with Crippen molar-refractivity contribution in [2.24, 2.45) is 5.73 Å². The number of nitro groups is 1. The highest BCUT2D eigenvalue weighted by Gasteiger charge is 2.28. The number of fused-ring (bicyclic) bond motifs is 1. The molecule has 0 bridgehead atoms. The lowest BCUT2D eigenvalue weighted by Gasteiger charge is -2.31. The van der Waals surface area contributed by atoms with Crippen molar-refractivity contribution in [3.05, 3.63) is 34.0 Å². The summed E-state index contributed by atoms with van der Waals surface area (Å²) in [6.07, 6.45) is 1.38. The fourth-order valence-electron chi connectivity index (χ4n) is 2.36. The van der Waals surface area contributed by atoms with Crippen LogP contribution in [0.4, 0.5) is 5.69 Å². The van der Waals surface area contributed by atoms with Gasteiger partial charge in [-0.25, -0.2) is 0 Å². The lowest BCUT2D eigenvalue weighted by Crippen LogP contribution is -2.53. The summed E-state index contributed by atoms with van der Waals surface area (Å²) in [7, 11) is 0. The van der Waals surface area contributed by atoms with Crippen LogP contribution in [-0.4, -0.2) is 33.1 Å². The Morgan fingerprint density at radius 3 is 2.68 bits per heavy atom. The van der Waals surface area contributed by atoms with E-state index in [9.17, 15) is 14.9 Å². The molecule has 1 amide bonds. The molecule has 0 unspecified atom stereocenters. The Bertz CT molecular complexity index is 697. The van der Waals surface area contributed by atoms with Crippen LogP contribution < -0.4 is 11.1 Å². The number of nitrogens with two attached hydrogens (primary N) is 1. The average Bonchev–Trinajstić information content (AvgIpc) is 2.95. The number of amides is 1. The SMILES string of the molecule is CCC(CC)(CN)NC(=O)c1n[nH]c2ccc([N+](=O)[O-])cc12. The predicted octanol–water partition coefficient (Wildman–Crippen LogP) is 1.72. The second kappa shape index (κ2) is 6.10. The third-order valence-electron chi connectivity index (χ3n) is 4.10. The van der Waals surface area contributed by atoms with Gasteiger partial charge in [-0.2, -0.15) is 5.10 Å². The molecule has 0 atom stereocenters. The molecule has 2 rings (SSSR count). The number of benzene rings is 1. The summed E-state index contributed by atoms with van der Waals surface area (Å²) < 4.78 is 0. The number of aromatic amines is 1. The summed E-state index contributed by atoms with van der Waals surface area (Å²) in [5.41, 5.74) is 5.90. The molecule has 0 aliphatic rings. The van der Waals surface area contributed by atoms with Crippen molar-refractivity contribution in [2.75, 3.05) is 6.54 Å². The summed E-state index contributed by atoms with van der Waals surface area (Å²) in [5, 5.41) is 20.9. The largest absolute Gasteiger partial charge is 0.344 e. The van der Waals surface area contributed by atoms with Gasteiger partial charge in [0.15, 0.2) is 5.69 Å². The summed E-state index contributed by atoms with van der Waals surface area (Å²) in [6, 6.07) is 4.24. The Labute approximate surface area is 127 Å². The highest BCUT2D eigenvalue weighted by molar-refractivity contribution is 6.05. The summed E-state index contributed by atoms with van der Waals surface area (Å²) in [6.45, 7) is 4.21. The number of carbonyl (C=O) groups excluding carboxylic acids is 1. The van der Waals surface area contributed by atoms with E-state index in [1.807, 2.05) is 13.8 Å². The maximum atomic E-state index is 12.5. The number of hydrogen-bond donors (Lipinski definition) is 3. The number of nitrogens with one attached hydrogen (secondary N) is 2. The van der Waals surface area contributed by atoms with E-state index in [0.717, 1.165) is 0 Å². The van der Waals surface area contributed by atoms with Crippen LogP contribution in [0, 0.1) is 10.1 Å². The van der Waals surface area contributed by atoms with Crippen molar-refractivity contribution in [3.63, 3.8) is 0 Å². The lowest BCUT2D eigenvalue weighted by atomic mass is 9.92. The van der Waals surface area contributed by atoms with Crippen molar-refractivity contribution < 1.29 is 9.72 Å². The Balaban J connectivity index is 2.39. The van der Waals surface area contributed by atoms with Gasteiger partial charge in [-0.05, 0) is 18.9 Å². The topological polar surface area (TPSA) is 127 Å². The molecule has 0 aliphatic carbocycles. The third-order valence-corrected chi connectivity index (χ3v) is 4.10. The monoisotopic (exact) mass is 305 g/mol. The van der Waals surface area contributed by atoms with Crippen molar-refractivity contribution in [1.29, 1.82) is 0 Å². The fraction of sp³-hybridized carbons (Fsp3) is 0.429. The number of aromatic nitrogens is 2. The van der Waals surface area contributed by atoms with E-state index in [-0.39, 0.29) is 17.3 Å². The van der Waals surface area contributed by atoms with Gasteiger partial charge in [-0.15, -0.1) is 0 Å². The Hall–Kier alpha value is -2.48. The van der Waals surface area contributed by atoms with Crippen molar-refractivity contribution in [1.82, 2.24) is 15.5 Å². The van der Waals surface area contributed by atoms with Crippen LogP contribution in [0.5, 0.6) is 0 Å². The zero-order chi connectivity index (χ0) is 16.3. The molecule has 1 aromatic heterocycles. The van der Waals surface area contributed by atoms with Gasteiger partial charge in [0.1, 0.15) is 0 Å². The first-order valence-electron chi connectivity index (χ1n) is 7.11. The first kappa shape index (κ1) is 15.9. The van der Waals surface area contributed by atoms with Crippen LogP contribution in [0.3, 0.4) is 0 Å². The molecule has 22 heavy (non-hydrogen) atoms. The summed E-state index contributed by atoms with van der Waals surface area (Å²) in [5.74, 6) is -0.388. The van der Waals surface area contributed by atoms with E-state index in [0.29, 0.717) is 30.3 Å². The Morgan fingerprint density at radius 2 is 2.14 bits per heavy atom. The van der Waals surface area contributed by atoms with E-state index in [4.69, 9.17) is 5.73 Å². The Kier molecular flexibility index (Phi) is 4.41. The zero-order valence-electron chi connectivity index (χ0n) is 12.5. The van der Waals surface area contributed by atoms with Gasteiger partial charge >= 0.3 is 0 Å². The van der Waals surface area contributed by atoms with Crippen LogP contribution in [0.2, 0.25) is 0 Å². The molecular formula is C14H19N5O3. The van der Waals surface area contributed by atoms with Gasteiger partial charge < -0.3 is 11.1 Å². The number of rotatable bonds is 6. The molecule has 0 fully saturated rings. The molecular weight excluding hydrogens is 286 g/mol. The van der Waals surface area contributed by atoms with E-state index < -0.39 is 10.5 Å². The quantitative estimate of drug-likeness (QED) is 0.553. The minimum atomic E-state index is -0.504. The smallest absolute Gasteiger partial charge is 0.272 e. The maximum absolute atomic E-state index is 12.5. The number of hydrogen-bond acceptors (Lipinski definition) is 5. The standard InChI is InChI=1S/C14H19N5O3/c1-3-14(4-2,8-15)16-13(20)12-10-7-9(19(21)22)5-6-11(10)17-18-12/h5-7H,3-4,8,15H2,1-2H3,(H,16,20)(H,17,18). The van der Waals surface area contributed by atoms with Gasteiger partial charge in [0.2, 0.25) is 0 Å². The minimum absolute atomic E-state index is 0.0842. The lowest BCUT2D eigenvalue weighted by molar-refractivity contribution is -0.384. The van der Waals surface area contributed by atoms with Gasteiger partial charge in [-0.3, -0.25) is 20.0 Å². The summed E-state index contributed by atoms with van der Waals surface area (Å²) >= 11 is 0. The second-order valence-corrected chi connectivity index (χ2v) is 5.20. The number of H-pyrrole nitrogens is 1. The Morgan fingerprint density at radius 1 is 1.45 bits per heavy atom. The minimum Gasteiger partial charge on any atom is -0.344 e. The molecule has 0 spiro atoms. The zero-order valence-corrected chi connectivity index (χ0v) is 12.5. The van der Waals surface area contributed by atoms with Gasteiger partial charge in [-0.1, -0.05) is 13.8 Å². The molecule has 8 heteroatoms. The van der Waals surface area contributed by atoms with Gasteiger partial charge in [0, 0.05) is 24.1 Å². The predicted molar refractivity (Wildman–Crippen MR) is 82.6 cm³/mol. The normalized spacial score (nSPS) is 11.6. The van der Waals surface area contributed by atoms with Crippen molar-refractivity contribution in [2.45, 2.75) is 32.2 Å². The number of non-ortho nitro benzene ring substituents is 1. The van der Waals surface area contributed by atoms with Crippen LogP contribution in [0.1, 0.15) is 37.2 Å². The van der Waals surface area contributed by atoms with E-state index in [1.54, 1.807) is 0 Å². The second-order valence-electron chi connectivity index (χ2n) is 5.20. The maximum Gasteiger partial charge on any atom is 0.272 e. The first-order valence-corrected chi connectivity index (χ1v) is 7.11. The van der Waals surface area contributed by atoms with E-state index >= 15 is 0 Å².